The molecule has 0 unspecified atom stereocenters. The molecule has 0 bridgehead atoms. The van der Waals surface area contributed by atoms with Crippen molar-refractivity contribution >= 4 is 17.5 Å². The molecule has 1 fully saturated rings. The summed E-state index contributed by atoms with van der Waals surface area (Å²) in [4.78, 5) is 33.1. The van der Waals surface area contributed by atoms with Crippen LogP contribution in [0.15, 0.2) is 42.9 Å². The van der Waals surface area contributed by atoms with Crippen LogP contribution in [0.1, 0.15) is 46.3 Å². The molecule has 1 N–H and O–H groups in total. The van der Waals surface area contributed by atoms with Gasteiger partial charge in [-0.25, -0.2) is 0 Å². The number of benzene rings is 1. The molecule has 0 spiro atoms. The van der Waals surface area contributed by atoms with Gasteiger partial charge in [0.2, 0.25) is 5.91 Å². The lowest BCUT2D eigenvalue weighted by Gasteiger charge is -2.32. The molecule has 2 amide bonds. The predicted molar refractivity (Wildman–Crippen MR) is 127 cm³/mol. The molecule has 2 aliphatic rings. The van der Waals surface area contributed by atoms with E-state index in [1.54, 1.807) is 17.3 Å². The van der Waals surface area contributed by atoms with Crippen LogP contribution < -0.4 is 4.90 Å². The van der Waals surface area contributed by atoms with Crippen molar-refractivity contribution in [3.8, 4) is 11.3 Å². The number of H-pyrrole nitrogens is 1. The third-order valence-electron chi connectivity index (χ3n) is 7.10. The number of hydrogen-bond donors (Lipinski definition) is 1. The number of aryl methyl sites for hydroxylation is 2. The highest BCUT2D eigenvalue weighted by Crippen LogP contribution is 2.38. The molecule has 0 atom stereocenters. The van der Waals surface area contributed by atoms with Gasteiger partial charge in [-0.1, -0.05) is 18.2 Å². The molecule has 170 valence electrons. The van der Waals surface area contributed by atoms with Crippen molar-refractivity contribution in [2.45, 2.75) is 39.0 Å². The summed E-state index contributed by atoms with van der Waals surface area (Å²) in [5.74, 6) is 0.711. The van der Waals surface area contributed by atoms with Gasteiger partial charge in [-0.05, 0) is 61.3 Å². The monoisotopic (exact) mass is 443 g/mol. The number of piperidine rings is 1. The van der Waals surface area contributed by atoms with Crippen LogP contribution in [0.5, 0.6) is 0 Å². The average Bonchev–Trinajstić information content (AvgIpc) is 3.29. The quantitative estimate of drug-likeness (QED) is 0.665. The molecule has 2 aromatic heterocycles. The molecule has 3 aromatic rings. The van der Waals surface area contributed by atoms with Crippen molar-refractivity contribution in [1.29, 1.82) is 0 Å². The van der Waals surface area contributed by atoms with Crippen LogP contribution in [-0.2, 0) is 17.6 Å². The molecule has 7 nitrogen and oxygen atoms in total. The Hall–Kier alpha value is -3.48. The molecule has 2 aliphatic heterocycles. The van der Waals surface area contributed by atoms with Crippen LogP contribution in [0.2, 0.25) is 0 Å². The van der Waals surface area contributed by atoms with Gasteiger partial charge in [0.15, 0.2) is 0 Å². The summed E-state index contributed by atoms with van der Waals surface area (Å²) >= 11 is 0. The van der Waals surface area contributed by atoms with Crippen molar-refractivity contribution in [2.24, 2.45) is 5.92 Å². The normalized spacial score (nSPS) is 16.7. The van der Waals surface area contributed by atoms with Gasteiger partial charge in [0.25, 0.3) is 5.91 Å². The van der Waals surface area contributed by atoms with Gasteiger partial charge in [0.05, 0.1) is 23.1 Å². The van der Waals surface area contributed by atoms with Crippen molar-refractivity contribution < 1.29 is 9.59 Å². The summed E-state index contributed by atoms with van der Waals surface area (Å²) in [5.41, 5.74) is 7.06. The summed E-state index contributed by atoms with van der Waals surface area (Å²) in [5, 5.41) is 7.54. The maximum atomic E-state index is 12.9. The van der Waals surface area contributed by atoms with Gasteiger partial charge in [0, 0.05) is 44.5 Å². The van der Waals surface area contributed by atoms with E-state index in [-0.39, 0.29) is 11.8 Å². The number of likely N-dealkylation sites (tertiary alicyclic amines) is 1. The lowest BCUT2D eigenvalue weighted by molar-refractivity contribution is -0.118. The third-order valence-corrected chi connectivity index (χ3v) is 7.10. The van der Waals surface area contributed by atoms with Gasteiger partial charge in [-0.2, -0.15) is 5.10 Å². The highest BCUT2D eigenvalue weighted by atomic mass is 16.2. The molecule has 0 radical (unpaired) electrons. The summed E-state index contributed by atoms with van der Waals surface area (Å²) in [6, 6.07) is 8.12. The van der Waals surface area contributed by atoms with Crippen LogP contribution in [0.3, 0.4) is 0 Å². The second kappa shape index (κ2) is 8.81. The Bertz CT molecular complexity index is 1190. The Labute approximate surface area is 193 Å². The van der Waals surface area contributed by atoms with Crippen LogP contribution in [0, 0.1) is 12.8 Å². The number of aromatic nitrogens is 3. The number of fused-ring (bicyclic) bond motifs is 1. The van der Waals surface area contributed by atoms with Crippen LogP contribution >= 0.6 is 0 Å². The lowest BCUT2D eigenvalue weighted by atomic mass is 9.88. The number of nitrogens with zero attached hydrogens (tertiary/aromatic N) is 4. The predicted octanol–water partition coefficient (Wildman–Crippen LogP) is 3.78. The van der Waals surface area contributed by atoms with Gasteiger partial charge in [-0.3, -0.25) is 19.7 Å². The minimum Gasteiger partial charge on any atom is -0.339 e. The van der Waals surface area contributed by atoms with Gasteiger partial charge in [0.1, 0.15) is 0 Å². The second-order valence-corrected chi connectivity index (χ2v) is 9.17. The largest absolute Gasteiger partial charge is 0.339 e. The number of carbonyl (C=O) groups is 2. The molecule has 4 heterocycles. The van der Waals surface area contributed by atoms with Crippen molar-refractivity contribution in [3.05, 3.63) is 65.1 Å². The Balaban J connectivity index is 1.30. The Morgan fingerprint density at radius 2 is 1.97 bits per heavy atom. The van der Waals surface area contributed by atoms with E-state index in [1.165, 1.54) is 11.1 Å². The molecule has 7 heteroatoms. The number of hydrogen-bond acceptors (Lipinski definition) is 4. The van der Waals surface area contributed by atoms with E-state index >= 15 is 0 Å². The zero-order chi connectivity index (χ0) is 22.9. The van der Waals surface area contributed by atoms with Crippen LogP contribution in [0.25, 0.3) is 11.3 Å². The molecular weight excluding hydrogens is 414 g/mol. The molecule has 33 heavy (non-hydrogen) atoms. The first-order valence-electron chi connectivity index (χ1n) is 11.6. The fourth-order valence-electron chi connectivity index (χ4n) is 5.13. The number of aromatic amines is 1. The van der Waals surface area contributed by atoms with Crippen molar-refractivity contribution in [2.75, 3.05) is 25.0 Å². The van der Waals surface area contributed by atoms with E-state index in [1.807, 2.05) is 31.1 Å². The van der Waals surface area contributed by atoms with E-state index in [4.69, 9.17) is 0 Å². The van der Waals surface area contributed by atoms with Crippen LogP contribution in [0.4, 0.5) is 5.69 Å². The number of pyridine rings is 1. The number of para-hydroxylation sites is 1. The topological polar surface area (TPSA) is 82.2 Å². The standard InChI is InChI=1S/C26H29N5O2/c1-17-8-11-27-16-22(17)26(33)31-12-9-18(10-13-31)14-20-15-28-29-24(20)21-5-3-4-19-6-7-23(32)30(2)25(19)21/h3-5,8,11,15-16,18H,6-7,9-10,12-14H2,1-2H3,(H,28,29). The Morgan fingerprint density at radius 3 is 2.76 bits per heavy atom. The maximum absolute atomic E-state index is 12.9. The fraction of sp³-hybridized carbons (Fsp3) is 0.385. The molecule has 1 saturated heterocycles. The average molecular weight is 444 g/mol. The first-order valence-corrected chi connectivity index (χ1v) is 11.6. The third kappa shape index (κ3) is 4.03. The zero-order valence-corrected chi connectivity index (χ0v) is 19.2. The second-order valence-electron chi connectivity index (χ2n) is 9.17. The first kappa shape index (κ1) is 21.4. The lowest BCUT2D eigenvalue weighted by Crippen LogP contribution is -2.39. The summed E-state index contributed by atoms with van der Waals surface area (Å²) in [6.07, 6.45) is 9.46. The summed E-state index contributed by atoms with van der Waals surface area (Å²) < 4.78 is 0. The number of carbonyl (C=O) groups excluding carboxylic acids is 2. The smallest absolute Gasteiger partial charge is 0.255 e. The highest BCUT2D eigenvalue weighted by Gasteiger charge is 2.28. The number of amides is 2. The van der Waals surface area contributed by atoms with Crippen molar-refractivity contribution in [1.82, 2.24) is 20.1 Å². The summed E-state index contributed by atoms with van der Waals surface area (Å²) in [7, 11) is 1.86. The van der Waals surface area contributed by atoms with Gasteiger partial charge in [-0.15, -0.1) is 0 Å². The van der Waals surface area contributed by atoms with E-state index in [2.05, 4.69) is 33.4 Å². The number of rotatable bonds is 4. The minimum atomic E-state index is 0.0756. The van der Waals surface area contributed by atoms with E-state index in [9.17, 15) is 9.59 Å². The molecule has 1 aromatic carbocycles. The highest BCUT2D eigenvalue weighted by molar-refractivity contribution is 6.00. The van der Waals surface area contributed by atoms with Crippen molar-refractivity contribution in [3.63, 3.8) is 0 Å². The van der Waals surface area contributed by atoms with Gasteiger partial charge < -0.3 is 9.80 Å². The molecule has 0 saturated carbocycles. The number of anilines is 1. The summed E-state index contributed by atoms with van der Waals surface area (Å²) in [6.45, 7) is 3.46. The fourth-order valence-corrected chi connectivity index (χ4v) is 5.13. The molecule has 0 aliphatic carbocycles. The minimum absolute atomic E-state index is 0.0756. The SMILES string of the molecule is Cc1ccncc1C(=O)N1CCC(Cc2cn[nH]c2-c2cccc3c2N(C)C(=O)CC3)CC1. The van der Waals surface area contributed by atoms with Crippen LogP contribution in [-0.4, -0.2) is 52.0 Å². The maximum Gasteiger partial charge on any atom is 0.255 e. The Morgan fingerprint density at radius 1 is 1.15 bits per heavy atom. The first-order chi connectivity index (χ1) is 16.0. The number of nitrogens with one attached hydrogen (secondary N) is 1. The Kier molecular flexibility index (Phi) is 5.70. The van der Waals surface area contributed by atoms with E-state index in [0.717, 1.165) is 61.3 Å². The van der Waals surface area contributed by atoms with E-state index in [0.29, 0.717) is 17.9 Å². The molecular formula is C26H29N5O2. The van der Waals surface area contributed by atoms with Gasteiger partial charge >= 0.3 is 0 Å². The van der Waals surface area contributed by atoms with E-state index < -0.39 is 0 Å². The molecule has 5 rings (SSSR count). The zero-order valence-electron chi connectivity index (χ0n) is 19.2.